The quantitative estimate of drug-likeness (QED) is 0.503. The van der Waals surface area contributed by atoms with E-state index in [1.807, 2.05) is 0 Å². The Balaban J connectivity index is 4.42. The Morgan fingerprint density at radius 2 is 2.00 bits per heavy atom. The number of hydrogen-bond donors (Lipinski definition) is 1. The van der Waals surface area contributed by atoms with Crippen LogP contribution >= 0.6 is 0 Å². The number of esters is 2. The van der Waals surface area contributed by atoms with Crippen molar-refractivity contribution >= 4 is 11.9 Å². The fourth-order valence-corrected chi connectivity index (χ4v) is 1.05. The Kier molecular flexibility index (Phi) is 6.14. The van der Waals surface area contributed by atoms with Crippen LogP contribution in [0.3, 0.4) is 0 Å². The summed E-state index contributed by atoms with van der Waals surface area (Å²) in [5, 5.41) is 9.55. The van der Waals surface area contributed by atoms with Crippen molar-refractivity contribution in [2.75, 3.05) is 14.2 Å². The van der Waals surface area contributed by atoms with Crippen LogP contribution in [-0.2, 0) is 19.1 Å². The number of aliphatic hydroxyl groups excluding tert-OH is 1. The smallest absolute Gasteiger partial charge is 0.312 e. The minimum Gasteiger partial charge on any atom is -0.469 e. The van der Waals surface area contributed by atoms with E-state index >= 15 is 0 Å². The van der Waals surface area contributed by atoms with E-state index in [0.717, 1.165) is 0 Å². The van der Waals surface area contributed by atoms with E-state index in [2.05, 4.69) is 15.4 Å². The van der Waals surface area contributed by atoms with Gasteiger partial charge in [0.05, 0.1) is 32.7 Å². The van der Waals surface area contributed by atoms with E-state index in [-0.39, 0.29) is 12.8 Å². The molecule has 0 heterocycles. The normalized spacial score (nSPS) is 13.5. The van der Waals surface area contributed by atoms with Crippen LogP contribution in [0.25, 0.3) is 0 Å². The number of hydrogen-bond acceptors (Lipinski definition) is 5. The highest BCUT2D eigenvalue weighted by Crippen LogP contribution is 2.14. The molecule has 0 aromatic rings. The van der Waals surface area contributed by atoms with Crippen LogP contribution in [-0.4, -0.2) is 37.4 Å². The second kappa shape index (κ2) is 6.85. The maximum absolute atomic E-state index is 11.2. The molecule has 0 aromatic carbocycles. The average molecular weight is 214 g/mol. The van der Waals surface area contributed by atoms with E-state index in [1.54, 1.807) is 0 Å². The zero-order valence-corrected chi connectivity index (χ0v) is 8.73. The summed E-state index contributed by atoms with van der Waals surface area (Å²) in [4.78, 5) is 22.0. The van der Waals surface area contributed by atoms with Crippen molar-refractivity contribution in [3.63, 3.8) is 0 Å². The van der Waals surface area contributed by atoms with Crippen molar-refractivity contribution in [1.29, 1.82) is 0 Å². The first kappa shape index (κ1) is 13.5. The van der Waals surface area contributed by atoms with Crippen LogP contribution in [0.2, 0.25) is 0 Å². The van der Waals surface area contributed by atoms with Gasteiger partial charge in [0.2, 0.25) is 0 Å². The maximum atomic E-state index is 11.2. The summed E-state index contributed by atoms with van der Waals surface area (Å²) in [6.45, 7) is 0. The van der Waals surface area contributed by atoms with Gasteiger partial charge < -0.3 is 14.6 Å². The van der Waals surface area contributed by atoms with Gasteiger partial charge in [-0.3, -0.25) is 9.59 Å². The lowest BCUT2D eigenvalue weighted by atomic mass is 9.96. The summed E-state index contributed by atoms with van der Waals surface area (Å²) in [6, 6.07) is 0. The highest BCUT2D eigenvalue weighted by atomic mass is 16.5. The Morgan fingerprint density at radius 3 is 2.40 bits per heavy atom. The third kappa shape index (κ3) is 4.47. The molecular formula is C10H14O5. The number of terminal acetylenes is 1. The van der Waals surface area contributed by atoms with E-state index in [1.165, 1.54) is 14.2 Å². The van der Waals surface area contributed by atoms with Crippen molar-refractivity contribution in [3.8, 4) is 12.3 Å². The van der Waals surface area contributed by atoms with Crippen molar-refractivity contribution in [2.45, 2.75) is 18.9 Å². The van der Waals surface area contributed by atoms with E-state index in [4.69, 9.17) is 6.42 Å². The minimum absolute atomic E-state index is 0.0187. The Morgan fingerprint density at radius 1 is 1.40 bits per heavy atom. The SMILES string of the molecule is C#CC[C@H](C(=O)OC)[C@@H](O)CC(=O)OC. The summed E-state index contributed by atoms with van der Waals surface area (Å²) in [6.07, 6.45) is 3.60. The summed E-state index contributed by atoms with van der Waals surface area (Å²) in [5.41, 5.74) is 0. The predicted molar refractivity (Wildman–Crippen MR) is 51.6 cm³/mol. The van der Waals surface area contributed by atoms with Crippen LogP contribution in [0.5, 0.6) is 0 Å². The average Bonchev–Trinajstić information content (AvgIpc) is 2.24. The fraction of sp³-hybridized carbons (Fsp3) is 0.600. The van der Waals surface area contributed by atoms with Crippen LogP contribution in [0.15, 0.2) is 0 Å². The zero-order valence-electron chi connectivity index (χ0n) is 8.73. The van der Waals surface area contributed by atoms with Gasteiger partial charge in [-0.1, -0.05) is 0 Å². The monoisotopic (exact) mass is 214 g/mol. The first-order valence-corrected chi connectivity index (χ1v) is 4.33. The number of ether oxygens (including phenoxy) is 2. The summed E-state index contributed by atoms with van der Waals surface area (Å²) < 4.78 is 8.81. The molecule has 1 N–H and O–H groups in total. The van der Waals surface area contributed by atoms with Crippen LogP contribution in [0.1, 0.15) is 12.8 Å². The summed E-state index contributed by atoms with van der Waals surface area (Å²) in [5.74, 6) is 0.114. The lowest BCUT2D eigenvalue weighted by Gasteiger charge is -2.17. The lowest BCUT2D eigenvalue weighted by molar-refractivity contribution is -0.152. The molecule has 0 radical (unpaired) electrons. The molecule has 5 nitrogen and oxygen atoms in total. The lowest BCUT2D eigenvalue weighted by Crippen LogP contribution is -2.31. The molecular weight excluding hydrogens is 200 g/mol. The van der Waals surface area contributed by atoms with E-state index in [0.29, 0.717) is 0 Å². The molecule has 0 fully saturated rings. The molecule has 0 rings (SSSR count). The molecule has 0 amide bonds. The zero-order chi connectivity index (χ0) is 11.8. The molecule has 0 aliphatic rings. The Hall–Kier alpha value is -1.54. The van der Waals surface area contributed by atoms with Crippen LogP contribution in [0, 0.1) is 18.3 Å². The number of rotatable bonds is 5. The van der Waals surface area contributed by atoms with Gasteiger partial charge in [-0.25, -0.2) is 0 Å². The maximum Gasteiger partial charge on any atom is 0.312 e. The molecule has 0 saturated carbocycles. The predicted octanol–water partition coefficient (Wildman–Crippen LogP) is -0.277. The van der Waals surface area contributed by atoms with Crippen molar-refractivity contribution in [3.05, 3.63) is 0 Å². The molecule has 0 spiro atoms. The van der Waals surface area contributed by atoms with Gasteiger partial charge in [0.1, 0.15) is 0 Å². The van der Waals surface area contributed by atoms with Crippen LogP contribution in [0.4, 0.5) is 0 Å². The standard InChI is InChI=1S/C10H14O5/c1-4-5-7(10(13)15-3)8(11)6-9(12)14-2/h1,7-8,11H,5-6H2,2-3H3/t7-,8-/m0/s1. The van der Waals surface area contributed by atoms with Crippen molar-refractivity contribution in [1.82, 2.24) is 0 Å². The van der Waals surface area contributed by atoms with Gasteiger partial charge in [0, 0.05) is 6.42 Å². The molecule has 15 heavy (non-hydrogen) atoms. The van der Waals surface area contributed by atoms with Gasteiger partial charge >= 0.3 is 11.9 Å². The van der Waals surface area contributed by atoms with Crippen LogP contribution < -0.4 is 0 Å². The topological polar surface area (TPSA) is 72.8 Å². The van der Waals surface area contributed by atoms with Crippen molar-refractivity contribution < 1.29 is 24.2 Å². The van der Waals surface area contributed by atoms with Gasteiger partial charge in [-0.15, -0.1) is 12.3 Å². The second-order valence-electron chi connectivity index (χ2n) is 2.89. The first-order chi connectivity index (χ1) is 7.06. The van der Waals surface area contributed by atoms with Gasteiger partial charge in [0.25, 0.3) is 0 Å². The van der Waals surface area contributed by atoms with E-state index < -0.39 is 24.0 Å². The molecule has 0 bridgehead atoms. The molecule has 5 heteroatoms. The third-order valence-corrected chi connectivity index (χ3v) is 1.91. The third-order valence-electron chi connectivity index (χ3n) is 1.91. The molecule has 0 unspecified atom stereocenters. The highest BCUT2D eigenvalue weighted by Gasteiger charge is 2.28. The molecule has 84 valence electrons. The minimum atomic E-state index is -1.18. The number of aliphatic hydroxyl groups is 1. The molecule has 0 saturated heterocycles. The van der Waals surface area contributed by atoms with E-state index in [9.17, 15) is 14.7 Å². The molecule has 2 atom stereocenters. The summed E-state index contributed by atoms with van der Waals surface area (Å²) in [7, 11) is 2.39. The van der Waals surface area contributed by atoms with Gasteiger partial charge in [-0.05, 0) is 0 Å². The van der Waals surface area contributed by atoms with Crippen molar-refractivity contribution in [2.24, 2.45) is 5.92 Å². The number of carbonyl (C=O) groups excluding carboxylic acids is 2. The molecule has 0 aromatic heterocycles. The number of carbonyl (C=O) groups is 2. The van der Waals surface area contributed by atoms with Gasteiger partial charge in [0.15, 0.2) is 0 Å². The fourth-order valence-electron chi connectivity index (χ4n) is 1.05. The summed E-state index contributed by atoms with van der Waals surface area (Å²) >= 11 is 0. The molecule has 0 aliphatic carbocycles. The molecule has 0 aliphatic heterocycles. The number of methoxy groups -OCH3 is 2. The largest absolute Gasteiger partial charge is 0.469 e. The van der Waals surface area contributed by atoms with Gasteiger partial charge in [-0.2, -0.15) is 0 Å². The highest BCUT2D eigenvalue weighted by molar-refractivity contribution is 5.75. The second-order valence-corrected chi connectivity index (χ2v) is 2.89. The first-order valence-electron chi connectivity index (χ1n) is 4.33. The Bertz CT molecular complexity index is 265. The Labute approximate surface area is 88.4 Å².